The molecule has 0 radical (unpaired) electrons. The Labute approximate surface area is 125 Å². The van der Waals surface area contributed by atoms with Gasteiger partial charge in [0.2, 0.25) is 0 Å². The number of nitrogens with one attached hydrogen (secondary N) is 1. The fraction of sp³-hybridized carbons (Fsp3) is 0.667. The Kier molecular flexibility index (Phi) is 4.05. The van der Waals surface area contributed by atoms with Gasteiger partial charge in [0.25, 0.3) is 5.91 Å². The van der Waals surface area contributed by atoms with Gasteiger partial charge in [-0.2, -0.15) is 0 Å². The van der Waals surface area contributed by atoms with Crippen LogP contribution in [0.2, 0.25) is 0 Å². The number of anilines is 1. The van der Waals surface area contributed by atoms with Crippen LogP contribution in [-0.2, 0) is 0 Å². The lowest BCUT2D eigenvalue weighted by Gasteiger charge is -2.45. The Balaban J connectivity index is 1.68. The third kappa shape index (κ3) is 2.85. The monoisotopic (exact) mass is 289 g/mol. The zero-order chi connectivity index (χ0) is 14.8. The summed E-state index contributed by atoms with van der Waals surface area (Å²) in [4.78, 5) is 25.3. The molecule has 0 spiro atoms. The highest BCUT2D eigenvalue weighted by Gasteiger charge is 2.36. The van der Waals surface area contributed by atoms with Crippen molar-refractivity contribution in [1.29, 1.82) is 0 Å². The van der Waals surface area contributed by atoms with Gasteiger partial charge in [-0.25, -0.2) is 9.97 Å². The number of aromatic nitrogens is 2. The van der Waals surface area contributed by atoms with E-state index in [1.54, 1.807) is 19.4 Å². The zero-order valence-corrected chi connectivity index (χ0v) is 12.7. The second-order valence-electron chi connectivity index (χ2n) is 6.03. The number of hydrogen-bond donors (Lipinski definition) is 1. The van der Waals surface area contributed by atoms with Crippen molar-refractivity contribution in [3.8, 4) is 0 Å². The summed E-state index contributed by atoms with van der Waals surface area (Å²) >= 11 is 0. The molecule has 1 N–H and O–H groups in total. The molecule has 1 amide bonds. The second-order valence-corrected chi connectivity index (χ2v) is 6.03. The van der Waals surface area contributed by atoms with Gasteiger partial charge in [0.15, 0.2) is 0 Å². The molecule has 0 aliphatic carbocycles. The van der Waals surface area contributed by atoms with Crippen LogP contribution in [-0.4, -0.2) is 65.4 Å². The van der Waals surface area contributed by atoms with Gasteiger partial charge < -0.3 is 15.1 Å². The van der Waals surface area contributed by atoms with Gasteiger partial charge in [0.1, 0.15) is 11.5 Å². The first-order valence-corrected chi connectivity index (χ1v) is 7.68. The number of rotatable bonds is 2. The van der Waals surface area contributed by atoms with Crippen LogP contribution < -0.4 is 5.32 Å². The molecule has 21 heavy (non-hydrogen) atoms. The lowest BCUT2D eigenvalue weighted by atomic mass is 9.84. The number of carbonyl (C=O) groups is 1. The van der Waals surface area contributed by atoms with Crippen LogP contribution in [0.4, 0.5) is 5.82 Å². The van der Waals surface area contributed by atoms with E-state index in [2.05, 4.69) is 27.2 Å². The molecule has 2 fully saturated rings. The second kappa shape index (κ2) is 5.97. The van der Waals surface area contributed by atoms with Gasteiger partial charge in [0, 0.05) is 26.2 Å². The quantitative estimate of drug-likeness (QED) is 0.882. The maximum Gasteiger partial charge on any atom is 0.274 e. The Morgan fingerprint density at radius 1 is 1.29 bits per heavy atom. The summed E-state index contributed by atoms with van der Waals surface area (Å²) < 4.78 is 0. The minimum atomic E-state index is 0.0110. The molecule has 2 aliphatic rings. The van der Waals surface area contributed by atoms with Gasteiger partial charge in [-0.15, -0.1) is 0 Å². The van der Waals surface area contributed by atoms with Crippen molar-refractivity contribution in [2.75, 3.05) is 39.0 Å². The van der Waals surface area contributed by atoms with Crippen molar-refractivity contribution in [2.45, 2.75) is 25.3 Å². The van der Waals surface area contributed by atoms with E-state index in [0.717, 1.165) is 19.5 Å². The molecular formula is C15H23N5O. The predicted octanol–water partition coefficient (Wildman–Crippen LogP) is 1.07. The van der Waals surface area contributed by atoms with E-state index in [-0.39, 0.29) is 5.91 Å². The largest absolute Gasteiger partial charge is 0.372 e. The minimum Gasteiger partial charge on any atom is -0.372 e. The van der Waals surface area contributed by atoms with Crippen LogP contribution in [0.3, 0.4) is 0 Å². The van der Waals surface area contributed by atoms with Gasteiger partial charge in [-0.05, 0) is 38.8 Å². The minimum absolute atomic E-state index is 0.0110. The van der Waals surface area contributed by atoms with E-state index < -0.39 is 0 Å². The fourth-order valence-corrected chi connectivity index (χ4v) is 3.57. The zero-order valence-electron chi connectivity index (χ0n) is 12.7. The fourth-order valence-electron chi connectivity index (χ4n) is 3.57. The van der Waals surface area contributed by atoms with E-state index in [1.165, 1.54) is 19.4 Å². The average Bonchev–Trinajstić information content (AvgIpc) is 2.54. The lowest BCUT2D eigenvalue weighted by molar-refractivity contribution is 0.0313. The van der Waals surface area contributed by atoms with Gasteiger partial charge >= 0.3 is 0 Å². The summed E-state index contributed by atoms with van der Waals surface area (Å²) in [5, 5.41) is 2.91. The topological polar surface area (TPSA) is 61.4 Å². The van der Waals surface area contributed by atoms with Gasteiger partial charge in [-0.1, -0.05) is 0 Å². The van der Waals surface area contributed by atoms with Crippen LogP contribution >= 0.6 is 0 Å². The molecule has 2 unspecified atom stereocenters. The first-order chi connectivity index (χ1) is 10.2. The Morgan fingerprint density at radius 2 is 2.14 bits per heavy atom. The van der Waals surface area contributed by atoms with Crippen LogP contribution in [0, 0.1) is 5.92 Å². The highest BCUT2D eigenvalue weighted by Crippen LogP contribution is 2.29. The molecule has 2 saturated heterocycles. The molecule has 1 aromatic heterocycles. The van der Waals surface area contributed by atoms with E-state index in [9.17, 15) is 4.79 Å². The van der Waals surface area contributed by atoms with Crippen molar-refractivity contribution in [3.05, 3.63) is 18.1 Å². The lowest BCUT2D eigenvalue weighted by Crippen LogP contribution is -2.54. The van der Waals surface area contributed by atoms with Crippen LogP contribution in [0.25, 0.3) is 0 Å². The summed E-state index contributed by atoms with van der Waals surface area (Å²) in [6.45, 7) is 2.86. The first-order valence-electron chi connectivity index (χ1n) is 7.68. The molecule has 6 heteroatoms. The number of fused-ring (bicyclic) bond motifs is 1. The predicted molar refractivity (Wildman–Crippen MR) is 81.2 cm³/mol. The summed E-state index contributed by atoms with van der Waals surface area (Å²) in [6.07, 6.45) is 6.69. The third-order valence-electron chi connectivity index (χ3n) is 4.76. The molecule has 114 valence electrons. The molecule has 0 aromatic carbocycles. The van der Waals surface area contributed by atoms with Crippen molar-refractivity contribution in [2.24, 2.45) is 5.92 Å². The Bertz CT molecular complexity index is 503. The molecule has 2 atom stereocenters. The van der Waals surface area contributed by atoms with Crippen molar-refractivity contribution in [1.82, 2.24) is 19.8 Å². The van der Waals surface area contributed by atoms with Crippen molar-refractivity contribution in [3.63, 3.8) is 0 Å². The van der Waals surface area contributed by atoms with Gasteiger partial charge in [0.05, 0.1) is 12.4 Å². The number of nitrogens with zero attached hydrogens (tertiary/aromatic N) is 4. The SMILES string of the molecule is CNc1cnc(C(=O)N2CCC3C(CCCN3C)C2)cn1. The summed E-state index contributed by atoms with van der Waals surface area (Å²) in [5.74, 6) is 1.29. The molecule has 3 heterocycles. The van der Waals surface area contributed by atoms with Crippen molar-refractivity contribution >= 4 is 11.7 Å². The molecule has 3 rings (SSSR count). The molecule has 6 nitrogen and oxygen atoms in total. The number of hydrogen-bond acceptors (Lipinski definition) is 5. The maximum absolute atomic E-state index is 12.5. The van der Waals surface area contributed by atoms with E-state index in [4.69, 9.17) is 0 Å². The highest BCUT2D eigenvalue weighted by molar-refractivity contribution is 5.92. The van der Waals surface area contributed by atoms with Crippen molar-refractivity contribution < 1.29 is 4.79 Å². The summed E-state index contributed by atoms with van der Waals surface area (Å²) in [5.41, 5.74) is 0.441. The molecule has 2 aliphatic heterocycles. The smallest absolute Gasteiger partial charge is 0.274 e. The van der Waals surface area contributed by atoms with Crippen LogP contribution in [0.1, 0.15) is 29.8 Å². The summed E-state index contributed by atoms with van der Waals surface area (Å²) in [7, 11) is 3.99. The molecule has 1 aromatic rings. The van der Waals surface area contributed by atoms with E-state index in [1.807, 2.05) is 4.90 Å². The number of piperidine rings is 2. The van der Waals surface area contributed by atoms with E-state index in [0.29, 0.717) is 23.5 Å². The summed E-state index contributed by atoms with van der Waals surface area (Å²) in [6, 6.07) is 0.639. The number of carbonyl (C=O) groups excluding carboxylic acids is 1. The van der Waals surface area contributed by atoms with Gasteiger partial charge in [-0.3, -0.25) is 4.79 Å². The van der Waals surface area contributed by atoms with E-state index >= 15 is 0 Å². The Hall–Kier alpha value is -1.69. The molecule has 0 saturated carbocycles. The normalized spacial score (nSPS) is 26.3. The maximum atomic E-state index is 12.5. The standard InChI is InChI=1S/C15H23N5O/c1-16-14-9-17-12(8-18-14)15(21)20-7-5-13-11(10-20)4-3-6-19(13)2/h8-9,11,13H,3-7,10H2,1-2H3,(H,16,18). The average molecular weight is 289 g/mol. The Morgan fingerprint density at radius 3 is 2.86 bits per heavy atom. The molecule has 0 bridgehead atoms. The van der Waals surface area contributed by atoms with Crippen LogP contribution in [0.5, 0.6) is 0 Å². The number of amides is 1. The number of likely N-dealkylation sites (tertiary alicyclic amines) is 2. The first kappa shape index (κ1) is 14.3. The third-order valence-corrected chi connectivity index (χ3v) is 4.76. The molecular weight excluding hydrogens is 266 g/mol. The van der Waals surface area contributed by atoms with Crippen LogP contribution in [0.15, 0.2) is 12.4 Å². The highest BCUT2D eigenvalue weighted by atomic mass is 16.2.